The molecule has 0 radical (unpaired) electrons. The Balaban J connectivity index is 1.43. The molecule has 0 saturated carbocycles. The number of piperidine rings is 1. The van der Waals surface area contributed by atoms with Crippen LogP contribution in [0.5, 0.6) is 0 Å². The average molecular weight is 424 g/mol. The summed E-state index contributed by atoms with van der Waals surface area (Å²) < 4.78 is 5.69. The van der Waals surface area contributed by atoms with Crippen LogP contribution in [0.2, 0.25) is 0 Å². The van der Waals surface area contributed by atoms with Crippen molar-refractivity contribution in [3.63, 3.8) is 0 Å². The van der Waals surface area contributed by atoms with Gasteiger partial charge in [0.15, 0.2) is 5.78 Å². The number of carbonyl (C=O) groups is 3. The summed E-state index contributed by atoms with van der Waals surface area (Å²) in [6.07, 6.45) is 0.840. The van der Waals surface area contributed by atoms with Crippen LogP contribution < -0.4 is 0 Å². The number of H-pyrrole nitrogens is 1. The first kappa shape index (κ1) is 21.2. The number of ether oxygens (including phenoxy) is 1. The van der Waals surface area contributed by atoms with Crippen molar-refractivity contribution < 1.29 is 19.1 Å². The minimum absolute atomic E-state index is 0.0412. The van der Waals surface area contributed by atoms with E-state index in [1.165, 1.54) is 6.92 Å². The van der Waals surface area contributed by atoms with Crippen molar-refractivity contribution in [2.24, 2.45) is 0 Å². The predicted molar refractivity (Wildman–Crippen MR) is 116 cm³/mol. The van der Waals surface area contributed by atoms with E-state index in [1.807, 2.05) is 56.0 Å². The minimum atomic E-state index is -0.284. The molecule has 2 saturated heterocycles. The van der Waals surface area contributed by atoms with E-state index in [9.17, 15) is 14.4 Å². The summed E-state index contributed by atoms with van der Waals surface area (Å²) in [6, 6.07) is 9.79. The number of aryl methyl sites for hydroxylation is 1. The highest BCUT2D eigenvalue weighted by molar-refractivity contribution is 6.02. The second kappa shape index (κ2) is 8.21. The van der Waals surface area contributed by atoms with Gasteiger partial charge in [0.25, 0.3) is 5.91 Å². The minimum Gasteiger partial charge on any atom is -0.439 e. The summed E-state index contributed by atoms with van der Waals surface area (Å²) in [7, 11) is 0. The molecule has 2 amide bonds. The van der Waals surface area contributed by atoms with Gasteiger partial charge in [0.1, 0.15) is 11.8 Å². The normalized spacial score (nSPS) is 22.0. The Morgan fingerprint density at radius 1 is 1.10 bits per heavy atom. The summed E-state index contributed by atoms with van der Waals surface area (Å²) in [5.41, 5.74) is 3.51. The van der Waals surface area contributed by atoms with Gasteiger partial charge in [0, 0.05) is 30.4 Å². The van der Waals surface area contributed by atoms with Crippen molar-refractivity contribution in [2.75, 3.05) is 13.1 Å². The van der Waals surface area contributed by atoms with Gasteiger partial charge in [0.2, 0.25) is 0 Å². The Kier molecular flexibility index (Phi) is 5.60. The molecule has 7 heteroatoms. The number of aromatic nitrogens is 1. The smallest absolute Gasteiger partial charge is 0.411 e. The largest absolute Gasteiger partial charge is 0.439 e. The maximum atomic E-state index is 13.1. The SMILES string of the molecule is CC(=O)c1c(C)[nH]c(C(=O)N2CCC(N3C(=O)O[C@H](c4ccccc4)[C@@H]3C)CC2)c1C. The first-order chi connectivity index (χ1) is 14.8. The molecule has 164 valence electrons. The molecular weight excluding hydrogens is 394 g/mol. The number of hydrogen-bond acceptors (Lipinski definition) is 4. The number of cyclic esters (lactones) is 1. The zero-order valence-corrected chi connectivity index (χ0v) is 18.5. The van der Waals surface area contributed by atoms with Crippen LogP contribution in [0.1, 0.15) is 70.5 Å². The van der Waals surface area contributed by atoms with E-state index in [2.05, 4.69) is 4.98 Å². The molecule has 4 rings (SSSR count). The number of aromatic amines is 1. The molecular formula is C24H29N3O4. The average Bonchev–Trinajstić information content (AvgIpc) is 3.22. The van der Waals surface area contributed by atoms with Crippen LogP contribution in [0, 0.1) is 13.8 Å². The van der Waals surface area contributed by atoms with Crippen LogP contribution in [0.3, 0.4) is 0 Å². The zero-order valence-electron chi connectivity index (χ0n) is 18.5. The van der Waals surface area contributed by atoms with E-state index in [0.717, 1.165) is 11.3 Å². The number of amides is 2. The molecule has 1 aromatic heterocycles. The number of likely N-dealkylation sites (tertiary alicyclic amines) is 1. The molecule has 31 heavy (non-hydrogen) atoms. The Morgan fingerprint density at radius 2 is 1.74 bits per heavy atom. The number of nitrogens with one attached hydrogen (secondary N) is 1. The van der Waals surface area contributed by atoms with Crippen LogP contribution in [0.15, 0.2) is 30.3 Å². The number of nitrogens with zero attached hydrogens (tertiary/aromatic N) is 2. The molecule has 2 atom stereocenters. The summed E-state index contributed by atoms with van der Waals surface area (Å²) in [4.78, 5) is 44.4. The molecule has 1 aromatic carbocycles. The topological polar surface area (TPSA) is 82.7 Å². The molecule has 2 fully saturated rings. The number of rotatable bonds is 4. The predicted octanol–water partition coefficient (Wildman–Crippen LogP) is 4.02. The summed E-state index contributed by atoms with van der Waals surface area (Å²) in [5, 5.41) is 0. The molecule has 1 N–H and O–H groups in total. The highest BCUT2D eigenvalue weighted by Crippen LogP contribution is 2.36. The van der Waals surface area contributed by atoms with Crippen LogP contribution in [-0.4, -0.2) is 57.7 Å². The van der Waals surface area contributed by atoms with Crippen molar-refractivity contribution in [3.8, 4) is 0 Å². The lowest BCUT2D eigenvalue weighted by Crippen LogP contribution is -2.49. The van der Waals surface area contributed by atoms with Gasteiger partial charge in [-0.15, -0.1) is 0 Å². The Morgan fingerprint density at radius 3 is 2.32 bits per heavy atom. The van der Waals surface area contributed by atoms with Crippen molar-refractivity contribution in [2.45, 2.75) is 58.7 Å². The first-order valence-corrected chi connectivity index (χ1v) is 10.8. The maximum Gasteiger partial charge on any atom is 0.411 e. The molecule has 7 nitrogen and oxygen atoms in total. The van der Waals surface area contributed by atoms with E-state index in [4.69, 9.17) is 4.74 Å². The third-order valence-corrected chi connectivity index (χ3v) is 6.59. The van der Waals surface area contributed by atoms with Crippen LogP contribution in [-0.2, 0) is 4.74 Å². The van der Waals surface area contributed by atoms with Crippen LogP contribution >= 0.6 is 0 Å². The Labute approximate surface area is 182 Å². The van der Waals surface area contributed by atoms with E-state index in [1.54, 1.807) is 4.90 Å². The lowest BCUT2D eigenvalue weighted by atomic mass is 9.98. The fourth-order valence-electron chi connectivity index (χ4n) is 5.05. The molecule has 0 aliphatic carbocycles. The third-order valence-electron chi connectivity index (χ3n) is 6.59. The Bertz CT molecular complexity index is 1010. The van der Waals surface area contributed by atoms with Gasteiger partial charge in [-0.05, 0) is 51.7 Å². The van der Waals surface area contributed by atoms with Crippen molar-refractivity contribution >= 4 is 17.8 Å². The van der Waals surface area contributed by atoms with Gasteiger partial charge in [0.05, 0.1) is 6.04 Å². The third kappa shape index (κ3) is 3.73. The summed E-state index contributed by atoms with van der Waals surface area (Å²) in [6.45, 7) is 8.28. The standard InChI is InChI=1S/C24H29N3O4/c1-14-20(17(4)28)15(2)25-21(14)23(29)26-12-10-19(11-13-26)27-16(3)22(31-24(27)30)18-8-6-5-7-9-18/h5-9,16,19,22,25H,10-13H2,1-4H3/t16-,22-/m0/s1. The number of Topliss-reactive ketones (excluding diaryl/α,β-unsaturated/α-hetero) is 1. The maximum absolute atomic E-state index is 13.1. The van der Waals surface area contributed by atoms with Gasteiger partial charge in [-0.1, -0.05) is 30.3 Å². The fraction of sp³-hybridized carbons (Fsp3) is 0.458. The second-order valence-electron chi connectivity index (χ2n) is 8.57. The molecule has 2 aliphatic heterocycles. The van der Waals surface area contributed by atoms with E-state index in [-0.39, 0.29) is 36.0 Å². The van der Waals surface area contributed by atoms with Crippen molar-refractivity contribution in [1.82, 2.24) is 14.8 Å². The summed E-state index contributed by atoms with van der Waals surface area (Å²) in [5.74, 6) is -0.135. The number of benzene rings is 1. The summed E-state index contributed by atoms with van der Waals surface area (Å²) >= 11 is 0. The lowest BCUT2D eigenvalue weighted by Gasteiger charge is -2.37. The van der Waals surface area contributed by atoms with E-state index < -0.39 is 0 Å². The van der Waals surface area contributed by atoms with Gasteiger partial charge in [-0.2, -0.15) is 0 Å². The van der Waals surface area contributed by atoms with E-state index >= 15 is 0 Å². The molecule has 3 heterocycles. The van der Waals surface area contributed by atoms with Crippen LogP contribution in [0.4, 0.5) is 4.79 Å². The number of hydrogen-bond donors (Lipinski definition) is 1. The lowest BCUT2D eigenvalue weighted by molar-refractivity contribution is 0.0634. The zero-order chi connectivity index (χ0) is 22.3. The Hall–Kier alpha value is -3.09. The molecule has 2 aromatic rings. The molecule has 0 unspecified atom stereocenters. The number of ketones is 1. The molecule has 0 spiro atoms. The highest BCUT2D eigenvalue weighted by Gasteiger charge is 2.44. The highest BCUT2D eigenvalue weighted by atomic mass is 16.6. The van der Waals surface area contributed by atoms with Gasteiger partial charge < -0.3 is 14.6 Å². The monoisotopic (exact) mass is 423 g/mol. The van der Waals surface area contributed by atoms with Crippen molar-refractivity contribution in [1.29, 1.82) is 0 Å². The van der Waals surface area contributed by atoms with Gasteiger partial charge in [-0.3, -0.25) is 14.5 Å². The fourth-order valence-corrected chi connectivity index (χ4v) is 5.05. The van der Waals surface area contributed by atoms with Gasteiger partial charge >= 0.3 is 6.09 Å². The molecule has 2 aliphatic rings. The van der Waals surface area contributed by atoms with Crippen molar-refractivity contribution in [3.05, 3.63) is 58.4 Å². The first-order valence-electron chi connectivity index (χ1n) is 10.8. The number of carbonyl (C=O) groups excluding carboxylic acids is 3. The quantitative estimate of drug-likeness (QED) is 0.753. The van der Waals surface area contributed by atoms with Crippen LogP contribution in [0.25, 0.3) is 0 Å². The second-order valence-corrected chi connectivity index (χ2v) is 8.57. The molecule has 0 bridgehead atoms. The van der Waals surface area contributed by atoms with E-state index in [0.29, 0.717) is 42.8 Å². The van der Waals surface area contributed by atoms with Gasteiger partial charge in [-0.25, -0.2) is 4.79 Å².